The van der Waals surface area contributed by atoms with E-state index in [0.717, 1.165) is 5.56 Å². The lowest BCUT2D eigenvalue weighted by molar-refractivity contribution is -0.132. The van der Waals surface area contributed by atoms with Gasteiger partial charge in [-0.05, 0) is 24.6 Å². The van der Waals surface area contributed by atoms with Crippen molar-refractivity contribution >= 4 is 16.9 Å². The van der Waals surface area contributed by atoms with Crippen LogP contribution in [-0.2, 0) is 4.79 Å². The molecule has 0 aliphatic carbocycles. The number of hydrogen-bond donors (Lipinski definition) is 1. The number of para-hydroxylation sites is 1. The fraction of sp³-hybridized carbons (Fsp3) is 0.0526. The Morgan fingerprint density at radius 3 is 2.22 bits per heavy atom. The maximum atomic E-state index is 12.3. The highest BCUT2D eigenvalue weighted by atomic mass is 16.4. The topological polar surface area (TPSA) is 67.5 Å². The molecule has 0 aliphatic rings. The highest BCUT2D eigenvalue weighted by Gasteiger charge is 2.07. The number of carbonyl (C=O) groups is 1. The summed E-state index contributed by atoms with van der Waals surface area (Å²) in [4.78, 5) is 21.9. The SMILES string of the molecule is C=C(C)C(=O)O.O=c1c(-c2ccccc2)coc2ccccc12. The molecule has 0 saturated heterocycles. The molecule has 0 fully saturated rings. The maximum absolute atomic E-state index is 12.3. The second kappa shape index (κ2) is 7.22. The molecule has 0 radical (unpaired) electrons. The summed E-state index contributed by atoms with van der Waals surface area (Å²) in [7, 11) is 0. The average molecular weight is 308 g/mol. The van der Waals surface area contributed by atoms with Crippen molar-refractivity contribution < 1.29 is 14.3 Å². The molecule has 0 unspecified atom stereocenters. The fourth-order valence-corrected chi connectivity index (χ4v) is 1.89. The predicted molar refractivity (Wildman–Crippen MR) is 90.4 cm³/mol. The number of carboxylic acid groups (broad SMARTS) is 1. The van der Waals surface area contributed by atoms with E-state index in [0.29, 0.717) is 16.5 Å². The van der Waals surface area contributed by atoms with Gasteiger partial charge in [0.2, 0.25) is 0 Å². The van der Waals surface area contributed by atoms with Gasteiger partial charge in [-0.1, -0.05) is 49.0 Å². The van der Waals surface area contributed by atoms with Gasteiger partial charge in [-0.25, -0.2) is 4.79 Å². The number of rotatable bonds is 2. The van der Waals surface area contributed by atoms with Gasteiger partial charge in [0.15, 0.2) is 5.43 Å². The molecule has 3 rings (SSSR count). The van der Waals surface area contributed by atoms with Gasteiger partial charge in [0.1, 0.15) is 11.8 Å². The lowest BCUT2D eigenvalue weighted by atomic mass is 10.1. The number of fused-ring (bicyclic) bond motifs is 1. The normalized spacial score (nSPS) is 9.78. The van der Waals surface area contributed by atoms with Gasteiger partial charge in [-0.2, -0.15) is 0 Å². The summed E-state index contributed by atoms with van der Waals surface area (Å²) in [6.45, 7) is 4.60. The van der Waals surface area contributed by atoms with Crippen LogP contribution < -0.4 is 5.43 Å². The molecule has 2 aromatic carbocycles. The largest absolute Gasteiger partial charge is 0.478 e. The van der Waals surface area contributed by atoms with Crippen molar-refractivity contribution in [1.29, 1.82) is 0 Å². The summed E-state index contributed by atoms with van der Waals surface area (Å²) >= 11 is 0. The highest BCUT2D eigenvalue weighted by molar-refractivity contribution is 5.84. The van der Waals surface area contributed by atoms with Crippen LogP contribution in [0.15, 0.2) is 82.2 Å². The first-order valence-electron chi connectivity index (χ1n) is 6.95. The minimum absolute atomic E-state index is 0.0121. The molecule has 0 amide bonds. The molecule has 0 aliphatic heterocycles. The zero-order chi connectivity index (χ0) is 16.8. The van der Waals surface area contributed by atoms with Crippen molar-refractivity contribution in [3.63, 3.8) is 0 Å². The summed E-state index contributed by atoms with van der Waals surface area (Å²) in [5.74, 6) is -0.935. The first-order valence-corrected chi connectivity index (χ1v) is 6.95. The van der Waals surface area contributed by atoms with Gasteiger partial charge >= 0.3 is 5.97 Å². The van der Waals surface area contributed by atoms with Crippen molar-refractivity contribution in [2.75, 3.05) is 0 Å². The quantitative estimate of drug-likeness (QED) is 0.723. The molecule has 1 aromatic heterocycles. The molecule has 0 atom stereocenters. The molecule has 0 bridgehead atoms. The van der Waals surface area contributed by atoms with Gasteiger partial charge in [0.25, 0.3) is 0 Å². The van der Waals surface area contributed by atoms with Crippen LogP contribution in [-0.4, -0.2) is 11.1 Å². The van der Waals surface area contributed by atoms with Gasteiger partial charge in [-0.15, -0.1) is 0 Å². The molecule has 4 heteroatoms. The summed E-state index contributed by atoms with van der Waals surface area (Å²) in [6.07, 6.45) is 1.53. The number of benzene rings is 2. The first kappa shape index (κ1) is 16.2. The van der Waals surface area contributed by atoms with Crippen LogP contribution in [0.2, 0.25) is 0 Å². The van der Waals surface area contributed by atoms with Crippen molar-refractivity contribution in [2.24, 2.45) is 0 Å². The van der Waals surface area contributed by atoms with E-state index < -0.39 is 5.97 Å². The van der Waals surface area contributed by atoms with Crippen LogP contribution in [0, 0.1) is 0 Å². The lowest BCUT2D eigenvalue weighted by Crippen LogP contribution is -2.04. The van der Waals surface area contributed by atoms with Crippen LogP contribution in [0.5, 0.6) is 0 Å². The van der Waals surface area contributed by atoms with Crippen LogP contribution in [0.3, 0.4) is 0 Å². The molecule has 0 saturated carbocycles. The van der Waals surface area contributed by atoms with E-state index in [1.54, 1.807) is 12.1 Å². The average Bonchev–Trinajstić information content (AvgIpc) is 2.57. The number of hydrogen-bond acceptors (Lipinski definition) is 3. The second-order valence-electron chi connectivity index (χ2n) is 4.93. The summed E-state index contributed by atoms with van der Waals surface area (Å²) < 4.78 is 5.48. The third-order valence-electron chi connectivity index (χ3n) is 3.13. The van der Waals surface area contributed by atoms with E-state index in [2.05, 4.69) is 6.58 Å². The Bertz CT molecular complexity index is 880. The van der Waals surface area contributed by atoms with E-state index in [1.165, 1.54) is 13.2 Å². The van der Waals surface area contributed by atoms with Gasteiger partial charge in [0, 0.05) is 5.57 Å². The van der Waals surface area contributed by atoms with E-state index >= 15 is 0 Å². The standard InChI is InChI=1S/C15H10O2.C4H6O2/c16-15-12-8-4-5-9-14(12)17-10-13(15)11-6-2-1-3-7-11;1-3(2)4(5)6/h1-10H;1H2,2H3,(H,5,6). The molecular weight excluding hydrogens is 292 g/mol. The molecule has 4 nitrogen and oxygen atoms in total. The Labute approximate surface area is 133 Å². The Morgan fingerprint density at radius 1 is 1.04 bits per heavy atom. The highest BCUT2D eigenvalue weighted by Crippen LogP contribution is 2.18. The first-order chi connectivity index (χ1) is 11.0. The van der Waals surface area contributed by atoms with Gasteiger partial charge in [0.05, 0.1) is 10.9 Å². The molecule has 23 heavy (non-hydrogen) atoms. The lowest BCUT2D eigenvalue weighted by Gasteiger charge is -2.01. The third-order valence-corrected chi connectivity index (χ3v) is 3.13. The smallest absolute Gasteiger partial charge is 0.330 e. The van der Waals surface area contributed by atoms with Crippen LogP contribution in [0.4, 0.5) is 0 Å². The fourth-order valence-electron chi connectivity index (χ4n) is 1.89. The summed E-state index contributed by atoms with van der Waals surface area (Å²) in [6, 6.07) is 16.8. The second-order valence-corrected chi connectivity index (χ2v) is 4.93. The Hall–Kier alpha value is -3.14. The van der Waals surface area contributed by atoms with E-state index in [1.807, 2.05) is 42.5 Å². The number of carboxylic acids is 1. The minimum atomic E-state index is -0.935. The molecule has 1 heterocycles. The monoisotopic (exact) mass is 308 g/mol. The summed E-state index contributed by atoms with van der Waals surface area (Å²) in [5.41, 5.74) is 2.29. The minimum Gasteiger partial charge on any atom is -0.478 e. The Morgan fingerprint density at radius 2 is 1.61 bits per heavy atom. The van der Waals surface area contributed by atoms with Crippen LogP contribution in [0.1, 0.15) is 6.92 Å². The van der Waals surface area contributed by atoms with E-state index in [4.69, 9.17) is 9.52 Å². The maximum Gasteiger partial charge on any atom is 0.330 e. The predicted octanol–water partition coefficient (Wildman–Crippen LogP) is 4.11. The van der Waals surface area contributed by atoms with Crippen molar-refractivity contribution in [3.8, 4) is 11.1 Å². The van der Waals surface area contributed by atoms with Gasteiger partial charge in [-0.3, -0.25) is 4.79 Å². The van der Waals surface area contributed by atoms with Crippen molar-refractivity contribution in [1.82, 2.24) is 0 Å². The summed E-state index contributed by atoms with van der Waals surface area (Å²) in [5, 5.41) is 8.51. The third kappa shape index (κ3) is 3.95. The van der Waals surface area contributed by atoms with Crippen molar-refractivity contribution in [2.45, 2.75) is 6.92 Å². The number of aliphatic carboxylic acids is 1. The van der Waals surface area contributed by atoms with E-state index in [9.17, 15) is 9.59 Å². The molecular formula is C19H16O4. The molecule has 0 spiro atoms. The zero-order valence-electron chi connectivity index (χ0n) is 12.7. The Balaban J connectivity index is 0.000000277. The molecule has 3 aromatic rings. The van der Waals surface area contributed by atoms with Crippen LogP contribution >= 0.6 is 0 Å². The zero-order valence-corrected chi connectivity index (χ0v) is 12.7. The van der Waals surface area contributed by atoms with E-state index in [-0.39, 0.29) is 11.0 Å². The molecule has 1 N–H and O–H groups in total. The van der Waals surface area contributed by atoms with Gasteiger partial charge < -0.3 is 9.52 Å². The molecule has 116 valence electrons. The van der Waals surface area contributed by atoms with Crippen molar-refractivity contribution in [3.05, 3.63) is 83.2 Å². The van der Waals surface area contributed by atoms with Crippen LogP contribution in [0.25, 0.3) is 22.1 Å². The Kier molecular flexibility index (Phi) is 5.10.